The molecule has 2 nitrogen and oxygen atoms in total. The van der Waals surface area contributed by atoms with E-state index in [0.29, 0.717) is 23.7 Å². The lowest BCUT2D eigenvalue weighted by atomic mass is 9.33. The van der Waals surface area contributed by atoms with Gasteiger partial charge in [0, 0.05) is 39.5 Å². The lowest BCUT2D eigenvalue weighted by Crippen LogP contribution is -2.61. The first-order chi connectivity index (χ1) is 35.1. The van der Waals surface area contributed by atoms with Gasteiger partial charge in [0.05, 0.1) is 0 Å². The molecule has 0 spiro atoms. The van der Waals surface area contributed by atoms with E-state index in [2.05, 4.69) is 174 Å². The van der Waals surface area contributed by atoms with E-state index in [9.17, 15) is 0 Å². The molecule has 0 amide bonds. The monoisotopic (exact) mass is 929 g/mol. The van der Waals surface area contributed by atoms with E-state index in [0.717, 1.165) is 0 Å². The van der Waals surface area contributed by atoms with Crippen molar-refractivity contribution in [1.82, 2.24) is 0 Å². The molecule has 0 saturated heterocycles. The van der Waals surface area contributed by atoms with Gasteiger partial charge in [-0.2, -0.15) is 0 Å². The molecular formula is C68H73BN2. The number of nitrogens with zero attached hydrogens (tertiary/aromatic N) is 2. The van der Waals surface area contributed by atoms with Crippen molar-refractivity contribution in [3.05, 3.63) is 197 Å². The highest BCUT2D eigenvalue weighted by Crippen LogP contribution is 2.50. The van der Waals surface area contributed by atoms with E-state index in [-0.39, 0.29) is 6.71 Å². The van der Waals surface area contributed by atoms with Gasteiger partial charge < -0.3 is 9.80 Å². The fourth-order valence-corrected chi connectivity index (χ4v) is 15.0. The summed E-state index contributed by atoms with van der Waals surface area (Å²) in [6.45, 7) is 2.58. The second kappa shape index (κ2) is 19.3. The first kappa shape index (κ1) is 45.1. The first-order valence-corrected chi connectivity index (χ1v) is 28.5. The van der Waals surface area contributed by atoms with Gasteiger partial charge in [-0.15, -0.1) is 0 Å². The number of rotatable bonds is 9. The normalized spacial score (nSPS) is 19.0. The molecule has 7 aromatic rings. The van der Waals surface area contributed by atoms with E-state index >= 15 is 0 Å². The highest BCUT2D eigenvalue weighted by atomic mass is 15.2. The number of hydrogen-bond donors (Lipinski definition) is 0. The van der Waals surface area contributed by atoms with E-state index < -0.39 is 5.41 Å². The highest BCUT2D eigenvalue weighted by Gasteiger charge is 2.46. The minimum atomic E-state index is -0.438. The Morgan fingerprint density at radius 1 is 0.338 bits per heavy atom. The molecule has 2 heterocycles. The number of hydrogen-bond acceptors (Lipinski definition) is 2. The van der Waals surface area contributed by atoms with Gasteiger partial charge in [-0.1, -0.05) is 186 Å². The third kappa shape index (κ3) is 8.19. The van der Waals surface area contributed by atoms with Crippen LogP contribution in [0.1, 0.15) is 198 Å². The van der Waals surface area contributed by atoms with Gasteiger partial charge in [0.15, 0.2) is 0 Å². The lowest BCUT2D eigenvalue weighted by molar-refractivity contribution is 0.443. The molecule has 4 aliphatic carbocycles. The van der Waals surface area contributed by atoms with Crippen molar-refractivity contribution in [1.29, 1.82) is 0 Å². The summed E-state index contributed by atoms with van der Waals surface area (Å²) in [6, 6.07) is 63.5. The van der Waals surface area contributed by atoms with Gasteiger partial charge in [-0.3, -0.25) is 0 Å². The maximum atomic E-state index is 2.71. The molecule has 0 unspecified atom stereocenters. The Hall–Kier alpha value is -5.80. The number of benzene rings is 7. The molecule has 0 N–H and O–H groups in total. The molecule has 6 aliphatic rings. The predicted molar refractivity (Wildman–Crippen MR) is 302 cm³/mol. The van der Waals surface area contributed by atoms with Crippen LogP contribution in [0.3, 0.4) is 0 Å². The van der Waals surface area contributed by atoms with Crippen LogP contribution in [0.4, 0.5) is 34.1 Å². The Kier molecular flexibility index (Phi) is 12.3. The molecule has 0 aromatic heterocycles. The largest absolute Gasteiger partial charge is 0.311 e. The van der Waals surface area contributed by atoms with E-state index in [1.54, 1.807) is 11.1 Å². The van der Waals surface area contributed by atoms with Crippen LogP contribution in [0.25, 0.3) is 0 Å². The molecule has 2 aliphatic heterocycles. The molecule has 71 heavy (non-hydrogen) atoms. The van der Waals surface area contributed by atoms with Crippen molar-refractivity contribution < 1.29 is 0 Å². The van der Waals surface area contributed by atoms with Crippen molar-refractivity contribution >= 4 is 57.2 Å². The standard InChI is InChI=1S/C68H73BN2/c1-68(56-28-16-6-17-29-56,57-30-18-7-19-31-57)58-46-65-67-66(47-58)71(60-40-34-53(35-41-60)49-22-10-3-11-23-49)64-43-37-55(51-26-14-5-15-27-51)45-62(64)69(67)61-44-54(50-24-12-4-13-25-50)36-42-63(61)70(65)59-38-32-52(33-39-59)48-20-8-2-9-21-48/h6-7,16-19,28-51H,2-5,8-15,20-27H2,1H3. The van der Waals surface area contributed by atoms with Crippen LogP contribution in [0.5, 0.6) is 0 Å². The van der Waals surface area contributed by atoms with Gasteiger partial charge in [0.25, 0.3) is 6.71 Å². The van der Waals surface area contributed by atoms with Crippen LogP contribution in [-0.4, -0.2) is 6.71 Å². The van der Waals surface area contributed by atoms with Crippen LogP contribution in [0, 0.1) is 0 Å². The summed E-state index contributed by atoms with van der Waals surface area (Å²) in [7, 11) is 0. The predicted octanol–water partition coefficient (Wildman–Crippen LogP) is 17.3. The van der Waals surface area contributed by atoms with Crippen LogP contribution in [0.2, 0.25) is 0 Å². The zero-order valence-corrected chi connectivity index (χ0v) is 42.4. The third-order valence-corrected chi connectivity index (χ3v) is 19.0. The van der Waals surface area contributed by atoms with Crippen LogP contribution >= 0.6 is 0 Å². The molecule has 3 heteroatoms. The van der Waals surface area contributed by atoms with Gasteiger partial charge in [0.1, 0.15) is 0 Å². The second-order valence-electron chi connectivity index (χ2n) is 23.0. The number of anilines is 6. The van der Waals surface area contributed by atoms with E-state index in [1.165, 1.54) is 207 Å². The fourth-order valence-electron chi connectivity index (χ4n) is 15.0. The summed E-state index contributed by atoms with van der Waals surface area (Å²) in [4.78, 5) is 5.42. The molecular weight excluding hydrogens is 856 g/mol. The summed E-state index contributed by atoms with van der Waals surface area (Å²) in [6.07, 6.45) is 26.7. The molecule has 4 fully saturated rings. The summed E-state index contributed by atoms with van der Waals surface area (Å²) < 4.78 is 0. The van der Waals surface area contributed by atoms with Gasteiger partial charge in [-0.25, -0.2) is 0 Å². The lowest BCUT2D eigenvalue weighted by Gasteiger charge is -2.46. The van der Waals surface area contributed by atoms with Gasteiger partial charge in [-0.05, 0) is 186 Å². The maximum absolute atomic E-state index is 2.71. The van der Waals surface area contributed by atoms with Crippen LogP contribution in [0.15, 0.2) is 158 Å². The Labute approximate surface area is 426 Å². The van der Waals surface area contributed by atoms with Crippen molar-refractivity contribution in [2.75, 3.05) is 9.80 Å². The van der Waals surface area contributed by atoms with Crippen LogP contribution < -0.4 is 26.2 Å². The molecule has 7 aromatic carbocycles. The van der Waals surface area contributed by atoms with Crippen molar-refractivity contribution in [2.24, 2.45) is 0 Å². The SMILES string of the molecule is CC(c1ccccc1)(c1ccccc1)c1cc2c3c(c1)N(c1ccc(C4CCCCC4)cc1)c1ccc(C4CCCCC4)cc1B3c1cc(C3CCCCC3)ccc1N2c1ccc(C2CCCCC2)cc1. The quantitative estimate of drug-likeness (QED) is 0.105. The molecule has 358 valence electrons. The zero-order chi connectivity index (χ0) is 47.3. The van der Waals surface area contributed by atoms with Crippen molar-refractivity contribution in [2.45, 2.75) is 164 Å². The Morgan fingerprint density at radius 2 is 0.676 bits per heavy atom. The average Bonchev–Trinajstić information content (AvgIpc) is 3.46. The minimum Gasteiger partial charge on any atom is -0.311 e. The summed E-state index contributed by atoms with van der Waals surface area (Å²) >= 11 is 0. The topological polar surface area (TPSA) is 6.48 Å². The van der Waals surface area contributed by atoms with Crippen molar-refractivity contribution in [3.63, 3.8) is 0 Å². The smallest absolute Gasteiger partial charge is 0.252 e. The number of fused-ring (bicyclic) bond motifs is 4. The highest BCUT2D eigenvalue weighted by molar-refractivity contribution is 7.00. The third-order valence-electron chi connectivity index (χ3n) is 19.0. The van der Waals surface area contributed by atoms with Crippen LogP contribution in [-0.2, 0) is 5.41 Å². The van der Waals surface area contributed by atoms with Gasteiger partial charge in [0.2, 0.25) is 0 Å². The maximum Gasteiger partial charge on any atom is 0.252 e. The Morgan fingerprint density at radius 3 is 1.04 bits per heavy atom. The van der Waals surface area contributed by atoms with E-state index in [1.807, 2.05) is 0 Å². The zero-order valence-electron chi connectivity index (χ0n) is 42.4. The Bertz CT molecular complexity index is 2770. The molecule has 0 bridgehead atoms. The molecule has 0 radical (unpaired) electrons. The average molecular weight is 929 g/mol. The van der Waals surface area contributed by atoms with E-state index in [4.69, 9.17) is 0 Å². The Balaban J connectivity index is 1.09. The molecule has 4 saturated carbocycles. The van der Waals surface area contributed by atoms with Gasteiger partial charge >= 0.3 is 0 Å². The van der Waals surface area contributed by atoms with Crippen molar-refractivity contribution in [3.8, 4) is 0 Å². The molecule has 0 atom stereocenters. The molecule has 13 rings (SSSR count). The first-order valence-electron chi connectivity index (χ1n) is 28.5. The summed E-state index contributed by atoms with van der Waals surface area (Å²) in [5.74, 6) is 2.56. The fraction of sp³-hybridized carbons (Fsp3) is 0.382. The summed E-state index contributed by atoms with van der Waals surface area (Å²) in [5.41, 5.74) is 21.9. The second-order valence-corrected chi connectivity index (χ2v) is 23.0. The summed E-state index contributed by atoms with van der Waals surface area (Å²) in [5, 5.41) is 0. The minimum absolute atomic E-state index is 0.0985.